The number of cyclic esters (lactones) is 1. The SMILES string of the molecule is O=C1OC(c2cccc(Cl)c2Cl)=NC1=Cc1cccc(Br)c1. The first kappa shape index (κ1) is 15.3. The number of ether oxygens (including phenoxy) is 1. The maximum Gasteiger partial charge on any atom is 0.363 e. The molecule has 0 N–H and O–H groups in total. The van der Waals surface area contributed by atoms with E-state index in [1.54, 1.807) is 24.3 Å². The Hall–Kier alpha value is -1.62. The summed E-state index contributed by atoms with van der Waals surface area (Å²) in [5.41, 5.74) is 1.54. The van der Waals surface area contributed by atoms with Crippen molar-refractivity contribution in [3.63, 3.8) is 0 Å². The number of hydrogen-bond acceptors (Lipinski definition) is 3. The fourth-order valence-electron chi connectivity index (χ4n) is 1.95. The first-order valence-corrected chi connectivity index (χ1v) is 7.82. The number of halogens is 3. The standard InChI is InChI=1S/C16H8BrCl2NO2/c17-10-4-1-3-9(7-10)8-13-16(21)22-15(20-13)11-5-2-6-12(18)14(11)19/h1-8H. The summed E-state index contributed by atoms with van der Waals surface area (Å²) in [5, 5.41) is 0.682. The van der Waals surface area contributed by atoms with Crippen LogP contribution in [0.3, 0.4) is 0 Å². The third kappa shape index (κ3) is 3.09. The van der Waals surface area contributed by atoms with E-state index in [2.05, 4.69) is 20.9 Å². The second-order valence-corrected chi connectivity index (χ2v) is 6.19. The Kier molecular flexibility index (Phi) is 4.34. The Bertz CT molecular complexity index is 831. The lowest BCUT2D eigenvalue weighted by atomic mass is 10.2. The molecule has 3 rings (SSSR count). The summed E-state index contributed by atoms with van der Waals surface area (Å²) >= 11 is 15.5. The highest BCUT2D eigenvalue weighted by Gasteiger charge is 2.26. The van der Waals surface area contributed by atoms with Crippen molar-refractivity contribution in [2.75, 3.05) is 0 Å². The van der Waals surface area contributed by atoms with Crippen molar-refractivity contribution < 1.29 is 9.53 Å². The van der Waals surface area contributed by atoms with E-state index in [1.165, 1.54) is 0 Å². The van der Waals surface area contributed by atoms with Gasteiger partial charge in [-0.15, -0.1) is 0 Å². The van der Waals surface area contributed by atoms with E-state index in [0.29, 0.717) is 15.6 Å². The van der Waals surface area contributed by atoms with Gasteiger partial charge in [0.05, 0.1) is 15.6 Å². The van der Waals surface area contributed by atoms with Crippen LogP contribution in [0.15, 0.2) is 57.6 Å². The molecule has 0 radical (unpaired) electrons. The highest BCUT2D eigenvalue weighted by Crippen LogP contribution is 2.29. The molecule has 1 aliphatic heterocycles. The first-order valence-electron chi connectivity index (χ1n) is 6.27. The van der Waals surface area contributed by atoms with Gasteiger partial charge in [0.1, 0.15) is 0 Å². The Morgan fingerprint density at radius 2 is 1.91 bits per heavy atom. The molecule has 1 heterocycles. The lowest BCUT2D eigenvalue weighted by Crippen LogP contribution is -2.06. The predicted octanol–water partition coefficient (Wildman–Crippen LogP) is 5.10. The molecule has 110 valence electrons. The Morgan fingerprint density at radius 3 is 2.68 bits per heavy atom. The van der Waals surface area contributed by atoms with E-state index in [4.69, 9.17) is 27.9 Å². The van der Waals surface area contributed by atoms with E-state index < -0.39 is 5.97 Å². The summed E-state index contributed by atoms with van der Waals surface area (Å²) in [7, 11) is 0. The molecule has 0 aliphatic carbocycles. The second kappa shape index (κ2) is 6.24. The van der Waals surface area contributed by atoms with Gasteiger partial charge in [0.25, 0.3) is 0 Å². The van der Waals surface area contributed by atoms with Gasteiger partial charge in [-0.2, -0.15) is 0 Å². The molecule has 2 aromatic carbocycles. The van der Waals surface area contributed by atoms with Crippen LogP contribution in [0.4, 0.5) is 0 Å². The van der Waals surface area contributed by atoms with Crippen LogP contribution in [0.1, 0.15) is 11.1 Å². The highest BCUT2D eigenvalue weighted by atomic mass is 79.9. The second-order valence-electron chi connectivity index (χ2n) is 4.49. The van der Waals surface area contributed by atoms with Crippen molar-refractivity contribution in [3.8, 4) is 0 Å². The predicted molar refractivity (Wildman–Crippen MR) is 91.2 cm³/mol. The molecule has 0 aromatic heterocycles. The molecule has 1 aliphatic rings. The summed E-state index contributed by atoms with van der Waals surface area (Å²) in [5.74, 6) is -0.371. The molecular formula is C16H8BrCl2NO2. The van der Waals surface area contributed by atoms with Crippen LogP contribution in [0.25, 0.3) is 6.08 Å². The molecule has 0 spiro atoms. The van der Waals surface area contributed by atoms with Gasteiger partial charge in [-0.1, -0.05) is 57.3 Å². The zero-order valence-corrected chi connectivity index (χ0v) is 14.1. The molecule has 0 saturated carbocycles. The highest BCUT2D eigenvalue weighted by molar-refractivity contribution is 9.10. The fraction of sp³-hybridized carbons (Fsp3) is 0. The Labute approximate surface area is 145 Å². The summed E-state index contributed by atoms with van der Waals surface area (Å²) in [4.78, 5) is 16.2. The van der Waals surface area contributed by atoms with Crippen LogP contribution in [0, 0.1) is 0 Å². The molecular weight excluding hydrogens is 389 g/mol. The number of aliphatic imine (C=N–C) groups is 1. The third-order valence-corrected chi connectivity index (χ3v) is 4.27. The number of rotatable bonds is 2. The third-order valence-electron chi connectivity index (χ3n) is 2.95. The monoisotopic (exact) mass is 395 g/mol. The van der Waals surface area contributed by atoms with E-state index in [9.17, 15) is 4.79 Å². The minimum atomic E-state index is -0.522. The normalized spacial score (nSPS) is 15.9. The maximum absolute atomic E-state index is 12.0. The molecule has 0 saturated heterocycles. The van der Waals surface area contributed by atoms with Gasteiger partial charge in [-0.25, -0.2) is 9.79 Å². The van der Waals surface area contributed by atoms with E-state index in [0.717, 1.165) is 10.0 Å². The van der Waals surface area contributed by atoms with E-state index in [-0.39, 0.29) is 11.6 Å². The number of nitrogens with zero attached hydrogens (tertiary/aromatic N) is 1. The number of hydrogen-bond donors (Lipinski definition) is 0. The lowest BCUT2D eigenvalue weighted by Gasteiger charge is -2.03. The van der Waals surface area contributed by atoms with Gasteiger partial charge in [0, 0.05) is 4.47 Å². The van der Waals surface area contributed by atoms with Crippen LogP contribution >= 0.6 is 39.1 Å². The molecule has 0 bridgehead atoms. The average Bonchev–Trinajstić information content (AvgIpc) is 2.83. The number of carbonyl (C=O) groups excluding carboxylic acids is 1. The van der Waals surface area contributed by atoms with Gasteiger partial charge in [0.2, 0.25) is 5.90 Å². The van der Waals surface area contributed by atoms with Crippen molar-refractivity contribution in [2.24, 2.45) is 4.99 Å². The molecule has 3 nitrogen and oxygen atoms in total. The summed E-state index contributed by atoms with van der Waals surface area (Å²) in [6.07, 6.45) is 1.65. The topological polar surface area (TPSA) is 38.7 Å². The fourth-order valence-corrected chi connectivity index (χ4v) is 2.75. The van der Waals surface area contributed by atoms with Crippen molar-refractivity contribution >= 4 is 57.1 Å². The van der Waals surface area contributed by atoms with Crippen LogP contribution in [0.2, 0.25) is 10.0 Å². The molecule has 0 unspecified atom stereocenters. The molecule has 6 heteroatoms. The van der Waals surface area contributed by atoms with Gasteiger partial charge >= 0.3 is 5.97 Å². The number of carbonyl (C=O) groups is 1. The summed E-state index contributed by atoms with van der Waals surface area (Å²) in [6, 6.07) is 12.6. The van der Waals surface area contributed by atoms with Crippen molar-refractivity contribution in [2.45, 2.75) is 0 Å². The van der Waals surface area contributed by atoms with Crippen LogP contribution in [0.5, 0.6) is 0 Å². The van der Waals surface area contributed by atoms with Gasteiger partial charge < -0.3 is 4.74 Å². The van der Waals surface area contributed by atoms with Crippen LogP contribution in [-0.2, 0) is 9.53 Å². The van der Waals surface area contributed by atoms with Gasteiger partial charge in [-0.05, 0) is 35.9 Å². The van der Waals surface area contributed by atoms with Gasteiger partial charge in [0.15, 0.2) is 5.70 Å². The molecule has 0 amide bonds. The Morgan fingerprint density at radius 1 is 1.14 bits per heavy atom. The first-order chi connectivity index (χ1) is 10.5. The number of esters is 1. The summed E-state index contributed by atoms with van der Waals surface area (Å²) in [6.45, 7) is 0. The number of benzene rings is 2. The molecule has 22 heavy (non-hydrogen) atoms. The smallest absolute Gasteiger partial charge is 0.363 e. The molecule has 0 atom stereocenters. The van der Waals surface area contributed by atoms with Crippen LogP contribution < -0.4 is 0 Å². The van der Waals surface area contributed by atoms with Crippen molar-refractivity contribution in [3.05, 3.63) is 73.8 Å². The largest absolute Gasteiger partial charge is 0.402 e. The quantitative estimate of drug-likeness (QED) is 0.523. The van der Waals surface area contributed by atoms with Crippen molar-refractivity contribution in [1.82, 2.24) is 0 Å². The van der Waals surface area contributed by atoms with E-state index in [1.807, 2.05) is 24.3 Å². The zero-order chi connectivity index (χ0) is 15.7. The molecule has 0 fully saturated rings. The van der Waals surface area contributed by atoms with E-state index >= 15 is 0 Å². The minimum Gasteiger partial charge on any atom is -0.402 e. The molecule has 2 aromatic rings. The Balaban J connectivity index is 2.00. The summed E-state index contributed by atoms with van der Waals surface area (Å²) < 4.78 is 6.10. The van der Waals surface area contributed by atoms with Crippen LogP contribution in [-0.4, -0.2) is 11.9 Å². The minimum absolute atomic E-state index is 0.152. The van der Waals surface area contributed by atoms with Crippen molar-refractivity contribution in [1.29, 1.82) is 0 Å². The zero-order valence-electron chi connectivity index (χ0n) is 11.0. The average molecular weight is 397 g/mol. The maximum atomic E-state index is 12.0. The lowest BCUT2D eigenvalue weighted by molar-refractivity contribution is -0.129. The van der Waals surface area contributed by atoms with Gasteiger partial charge in [-0.3, -0.25) is 0 Å².